The molecule has 0 aliphatic carbocycles. The standard InChI is InChI=1S/C13H14N2O3/c1-10-8-14-9-15(10)11-3-2-4-12(7-11)18-6-5-13(16)17/h2-4,7-9H,5-6H2,1H3,(H,16,17). The first-order chi connectivity index (χ1) is 8.66. The molecule has 2 rings (SSSR count). The summed E-state index contributed by atoms with van der Waals surface area (Å²) in [5.41, 5.74) is 1.97. The molecule has 1 aromatic carbocycles. The Morgan fingerprint density at radius 1 is 1.50 bits per heavy atom. The molecule has 94 valence electrons. The number of rotatable bonds is 5. The van der Waals surface area contributed by atoms with Gasteiger partial charge in [0.25, 0.3) is 0 Å². The number of nitrogens with zero attached hydrogens (tertiary/aromatic N) is 2. The molecule has 1 heterocycles. The summed E-state index contributed by atoms with van der Waals surface area (Å²) in [5, 5.41) is 8.54. The molecule has 1 aromatic heterocycles. The molecule has 0 unspecified atom stereocenters. The van der Waals surface area contributed by atoms with Crippen LogP contribution in [0.2, 0.25) is 0 Å². The van der Waals surface area contributed by atoms with E-state index in [1.807, 2.05) is 29.7 Å². The van der Waals surface area contributed by atoms with Crippen molar-refractivity contribution in [2.75, 3.05) is 6.61 Å². The first kappa shape index (κ1) is 12.2. The highest BCUT2D eigenvalue weighted by Gasteiger charge is 2.03. The molecule has 0 aliphatic rings. The van der Waals surface area contributed by atoms with Crippen molar-refractivity contribution >= 4 is 5.97 Å². The third-order valence-corrected chi connectivity index (χ3v) is 2.50. The number of carboxylic acids is 1. The van der Waals surface area contributed by atoms with Crippen LogP contribution in [0.15, 0.2) is 36.8 Å². The van der Waals surface area contributed by atoms with Crippen LogP contribution in [0, 0.1) is 6.92 Å². The fourth-order valence-electron chi connectivity index (χ4n) is 1.61. The van der Waals surface area contributed by atoms with Gasteiger partial charge < -0.3 is 14.4 Å². The summed E-state index contributed by atoms with van der Waals surface area (Å²) < 4.78 is 7.32. The van der Waals surface area contributed by atoms with Crippen molar-refractivity contribution in [3.05, 3.63) is 42.5 Å². The zero-order valence-corrected chi connectivity index (χ0v) is 10.0. The number of carbonyl (C=O) groups is 1. The van der Waals surface area contributed by atoms with Gasteiger partial charge in [-0.25, -0.2) is 4.98 Å². The van der Waals surface area contributed by atoms with Crippen LogP contribution < -0.4 is 4.74 Å². The van der Waals surface area contributed by atoms with Crippen LogP contribution in [-0.4, -0.2) is 27.2 Å². The Bertz CT molecular complexity index is 549. The van der Waals surface area contributed by atoms with Crippen LogP contribution in [0.3, 0.4) is 0 Å². The lowest BCUT2D eigenvalue weighted by Crippen LogP contribution is -2.05. The second-order valence-electron chi connectivity index (χ2n) is 3.89. The molecule has 2 aromatic rings. The van der Waals surface area contributed by atoms with E-state index in [-0.39, 0.29) is 13.0 Å². The van der Waals surface area contributed by atoms with Gasteiger partial charge in [0.1, 0.15) is 5.75 Å². The second kappa shape index (κ2) is 5.35. The van der Waals surface area contributed by atoms with Gasteiger partial charge in [0, 0.05) is 18.0 Å². The maximum atomic E-state index is 10.4. The molecular weight excluding hydrogens is 232 g/mol. The lowest BCUT2D eigenvalue weighted by atomic mass is 10.3. The number of aryl methyl sites for hydroxylation is 1. The summed E-state index contributed by atoms with van der Waals surface area (Å²) in [6.07, 6.45) is 3.50. The summed E-state index contributed by atoms with van der Waals surface area (Å²) in [6.45, 7) is 2.13. The summed E-state index contributed by atoms with van der Waals surface area (Å²) >= 11 is 0. The van der Waals surface area contributed by atoms with Gasteiger partial charge in [-0.1, -0.05) is 6.07 Å². The Morgan fingerprint density at radius 2 is 2.33 bits per heavy atom. The molecule has 5 heteroatoms. The smallest absolute Gasteiger partial charge is 0.306 e. The summed E-state index contributed by atoms with van der Waals surface area (Å²) in [4.78, 5) is 14.5. The maximum absolute atomic E-state index is 10.4. The highest BCUT2D eigenvalue weighted by molar-refractivity contribution is 5.66. The molecule has 1 N–H and O–H groups in total. The van der Waals surface area contributed by atoms with Gasteiger partial charge in [-0.2, -0.15) is 0 Å². The minimum absolute atomic E-state index is 0.00562. The van der Waals surface area contributed by atoms with Crippen molar-refractivity contribution < 1.29 is 14.6 Å². The number of hydrogen-bond donors (Lipinski definition) is 1. The van der Waals surface area contributed by atoms with Crippen LogP contribution in [0.5, 0.6) is 5.75 Å². The van der Waals surface area contributed by atoms with Crippen LogP contribution in [0.4, 0.5) is 0 Å². The molecule has 0 saturated heterocycles. The number of imidazole rings is 1. The molecule has 0 fully saturated rings. The molecule has 18 heavy (non-hydrogen) atoms. The normalized spacial score (nSPS) is 10.3. The lowest BCUT2D eigenvalue weighted by molar-refractivity contribution is -0.137. The zero-order valence-electron chi connectivity index (χ0n) is 10.0. The minimum atomic E-state index is -0.864. The fourth-order valence-corrected chi connectivity index (χ4v) is 1.61. The number of hydrogen-bond acceptors (Lipinski definition) is 3. The van der Waals surface area contributed by atoms with Crippen molar-refractivity contribution in [1.29, 1.82) is 0 Å². The molecule has 0 bridgehead atoms. The monoisotopic (exact) mass is 246 g/mol. The largest absolute Gasteiger partial charge is 0.493 e. The second-order valence-corrected chi connectivity index (χ2v) is 3.89. The Morgan fingerprint density at radius 3 is 3.00 bits per heavy atom. The third-order valence-electron chi connectivity index (χ3n) is 2.50. The molecule has 0 radical (unpaired) electrons. The number of carboxylic acid groups (broad SMARTS) is 1. The third kappa shape index (κ3) is 2.88. The predicted octanol–water partition coefficient (Wildman–Crippen LogP) is 2.03. The quantitative estimate of drug-likeness (QED) is 0.876. The molecule has 0 saturated carbocycles. The van der Waals surface area contributed by atoms with E-state index in [9.17, 15) is 4.79 Å². The van der Waals surface area contributed by atoms with E-state index in [1.54, 1.807) is 18.6 Å². The van der Waals surface area contributed by atoms with Crippen molar-refractivity contribution in [2.24, 2.45) is 0 Å². The highest BCUT2D eigenvalue weighted by Crippen LogP contribution is 2.18. The van der Waals surface area contributed by atoms with Crippen molar-refractivity contribution in [1.82, 2.24) is 9.55 Å². The van der Waals surface area contributed by atoms with Crippen LogP contribution >= 0.6 is 0 Å². The van der Waals surface area contributed by atoms with Crippen molar-refractivity contribution in [3.63, 3.8) is 0 Å². The predicted molar refractivity (Wildman–Crippen MR) is 66.0 cm³/mol. The van der Waals surface area contributed by atoms with Crippen LogP contribution in [-0.2, 0) is 4.79 Å². The van der Waals surface area contributed by atoms with Crippen molar-refractivity contribution in [2.45, 2.75) is 13.3 Å². The SMILES string of the molecule is Cc1cncn1-c1cccc(OCCC(=O)O)c1. The van der Waals surface area contributed by atoms with Gasteiger partial charge in [-0.05, 0) is 19.1 Å². The Balaban J connectivity index is 2.11. The fraction of sp³-hybridized carbons (Fsp3) is 0.231. The summed E-state index contributed by atoms with van der Waals surface area (Å²) in [6, 6.07) is 7.47. The van der Waals surface area contributed by atoms with E-state index in [1.165, 1.54) is 0 Å². The molecular formula is C13H14N2O3. The maximum Gasteiger partial charge on any atom is 0.306 e. The van der Waals surface area contributed by atoms with E-state index in [0.29, 0.717) is 5.75 Å². The van der Waals surface area contributed by atoms with Gasteiger partial charge in [0.2, 0.25) is 0 Å². The molecule has 0 spiro atoms. The average Bonchev–Trinajstić information content (AvgIpc) is 2.75. The van der Waals surface area contributed by atoms with Gasteiger partial charge in [0.15, 0.2) is 0 Å². The molecule has 0 aliphatic heterocycles. The molecule has 5 nitrogen and oxygen atoms in total. The Hall–Kier alpha value is -2.30. The summed E-state index contributed by atoms with van der Waals surface area (Å²) in [5.74, 6) is -0.210. The van der Waals surface area contributed by atoms with E-state index in [0.717, 1.165) is 11.4 Å². The summed E-state index contributed by atoms with van der Waals surface area (Å²) in [7, 11) is 0. The van der Waals surface area contributed by atoms with Gasteiger partial charge >= 0.3 is 5.97 Å². The van der Waals surface area contributed by atoms with Gasteiger partial charge in [-0.3, -0.25) is 4.79 Å². The topological polar surface area (TPSA) is 64.4 Å². The van der Waals surface area contributed by atoms with Crippen LogP contribution in [0.25, 0.3) is 5.69 Å². The Kier molecular flexibility index (Phi) is 3.62. The van der Waals surface area contributed by atoms with E-state index >= 15 is 0 Å². The minimum Gasteiger partial charge on any atom is -0.493 e. The van der Waals surface area contributed by atoms with E-state index in [4.69, 9.17) is 9.84 Å². The molecule has 0 amide bonds. The number of aromatic nitrogens is 2. The number of benzene rings is 1. The first-order valence-electron chi connectivity index (χ1n) is 5.61. The van der Waals surface area contributed by atoms with Gasteiger partial charge in [-0.15, -0.1) is 0 Å². The van der Waals surface area contributed by atoms with Crippen molar-refractivity contribution in [3.8, 4) is 11.4 Å². The average molecular weight is 246 g/mol. The van der Waals surface area contributed by atoms with E-state index < -0.39 is 5.97 Å². The first-order valence-corrected chi connectivity index (χ1v) is 5.61. The zero-order chi connectivity index (χ0) is 13.0. The number of aliphatic carboxylic acids is 1. The molecule has 0 atom stereocenters. The van der Waals surface area contributed by atoms with Gasteiger partial charge in [0.05, 0.1) is 25.0 Å². The van der Waals surface area contributed by atoms with Crippen LogP contribution in [0.1, 0.15) is 12.1 Å². The highest BCUT2D eigenvalue weighted by atomic mass is 16.5. The lowest BCUT2D eigenvalue weighted by Gasteiger charge is -2.08. The van der Waals surface area contributed by atoms with E-state index in [2.05, 4.69) is 4.98 Å². The Labute approximate surface area is 105 Å². The number of ether oxygens (including phenoxy) is 1.